The van der Waals surface area contributed by atoms with Gasteiger partial charge in [0.05, 0.1) is 0 Å². The first kappa shape index (κ1) is 29.1. The molecule has 2 aromatic carbocycles. The molecule has 0 fully saturated rings. The molecule has 0 aliphatic heterocycles. The third kappa shape index (κ3) is 8.49. The van der Waals surface area contributed by atoms with E-state index < -0.39 is 0 Å². The predicted molar refractivity (Wildman–Crippen MR) is 115 cm³/mol. The van der Waals surface area contributed by atoms with E-state index in [9.17, 15) is 0 Å². The molecule has 0 aliphatic rings. The van der Waals surface area contributed by atoms with E-state index in [2.05, 4.69) is 69.2 Å². The topological polar surface area (TPSA) is 0 Å². The van der Waals surface area contributed by atoms with E-state index in [1.165, 1.54) is 55.6 Å². The van der Waals surface area contributed by atoms with E-state index in [4.69, 9.17) is 40.6 Å². The van der Waals surface area contributed by atoms with Gasteiger partial charge in [-0.15, -0.1) is 0 Å². The predicted octanol–water partition coefficient (Wildman–Crippen LogP) is 8.65. The van der Waals surface area contributed by atoms with Crippen molar-refractivity contribution in [3.8, 4) is 0 Å². The maximum atomic E-state index is 4.73. The molecule has 0 atom stereocenters. The van der Waals surface area contributed by atoms with Crippen LogP contribution in [0.15, 0.2) is 0 Å². The molecule has 0 aromatic heterocycles. The Hall–Kier alpha value is 0.873. The Bertz CT molecular complexity index is 452. The summed E-state index contributed by atoms with van der Waals surface area (Å²) in [4.78, 5) is 0. The third-order valence-corrected chi connectivity index (χ3v) is 5.62. The molecule has 0 saturated carbocycles. The van der Waals surface area contributed by atoms with Crippen molar-refractivity contribution >= 4 is 40.6 Å². The van der Waals surface area contributed by atoms with Crippen molar-refractivity contribution in [2.75, 3.05) is 0 Å². The number of rotatable bonds is 0. The quantitative estimate of drug-likeness (QED) is 0.299. The standard InChI is InChI=1S/2C10H15.4ClH.2Co/c2*1-6-7(2)9(4)10(5)8(6)3;;;;;;/h2*1-5H3;4*1H;;/q2*-1;;;;;2*+3/p-4. The molecular weight excluding hydrogens is 500 g/mol. The Morgan fingerprint density at radius 1 is 0.462 bits per heavy atom. The molecule has 0 saturated heterocycles. The molecule has 2 rings (SSSR count). The number of hydrogen-bond donors (Lipinski definition) is 0. The molecule has 6 heteroatoms. The van der Waals surface area contributed by atoms with Crippen molar-refractivity contribution in [2.24, 2.45) is 0 Å². The monoisotopic (exact) mass is 528 g/mol. The zero-order valence-corrected chi connectivity index (χ0v) is 22.3. The summed E-state index contributed by atoms with van der Waals surface area (Å²) in [6.07, 6.45) is 0. The van der Waals surface area contributed by atoms with Crippen LogP contribution in [0, 0.1) is 69.2 Å². The minimum atomic E-state index is 0.382. The summed E-state index contributed by atoms with van der Waals surface area (Å²) in [5, 5.41) is 0. The summed E-state index contributed by atoms with van der Waals surface area (Å²) in [7, 11) is 18.9. The van der Waals surface area contributed by atoms with Gasteiger partial charge in [0.1, 0.15) is 0 Å². The van der Waals surface area contributed by atoms with E-state index in [1.54, 1.807) is 0 Å². The van der Waals surface area contributed by atoms with Gasteiger partial charge < -0.3 is 0 Å². The van der Waals surface area contributed by atoms with Gasteiger partial charge in [-0.1, -0.05) is 69.2 Å². The van der Waals surface area contributed by atoms with Gasteiger partial charge in [0, 0.05) is 0 Å². The molecular formula is C20H30Cl4Co2. The van der Waals surface area contributed by atoms with Crippen LogP contribution in [0.4, 0.5) is 0 Å². The molecule has 0 unspecified atom stereocenters. The van der Waals surface area contributed by atoms with Gasteiger partial charge in [0.15, 0.2) is 0 Å². The van der Waals surface area contributed by atoms with Crippen LogP contribution in [-0.4, -0.2) is 0 Å². The Morgan fingerprint density at radius 2 is 0.577 bits per heavy atom. The van der Waals surface area contributed by atoms with Crippen LogP contribution in [0.5, 0.6) is 0 Å². The molecule has 0 spiro atoms. The molecule has 26 heavy (non-hydrogen) atoms. The average molecular weight is 530 g/mol. The molecule has 0 aliphatic carbocycles. The fourth-order valence-electron chi connectivity index (χ4n) is 2.81. The van der Waals surface area contributed by atoms with Gasteiger partial charge >= 0.3 is 66.4 Å². The number of hydrogen-bond acceptors (Lipinski definition) is 0. The zero-order valence-electron chi connectivity index (χ0n) is 17.2. The fourth-order valence-corrected chi connectivity index (χ4v) is 2.81. The molecule has 0 amide bonds. The van der Waals surface area contributed by atoms with Gasteiger partial charge in [0.2, 0.25) is 0 Å². The van der Waals surface area contributed by atoms with Crippen LogP contribution in [0.1, 0.15) is 55.6 Å². The van der Waals surface area contributed by atoms with Gasteiger partial charge in [-0.3, -0.25) is 0 Å². The van der Waals surface area contributed by atoms with E-state index in [0.29, 0.717) is 25.8 Å². The van der Waals surface area contributed by atoms with Crippen molar-refractivity contribution in [3.63, 3.8) is 0 Å². The van der Waals surface area contributed by atoms with Gasteiger partial charge in [-0.2, -0.15) is 55.6 Å². The minimum absolute atomic E-state index is 0.382. The zero-order chi connectivity index (χ0) is 21.2. The van der Waals surface area contributed by atoms with Crippen LogP contribution >= 0.6 is 40.6 Å². The molecule has 0 bridgehead atoms. The third-order valence-electron chi connectivity index (χ3n) is 5.62. The molecule has 0 radical (unpaired) electrons. The Morgan fingerprint density at radius 3 is 0.615 bits per heavy atom. The summed E-state index contributed by atoms with van der Waals surface area (Å²) in [5.41, 5.74) is 14.7. The summed E-state index contributed by atoms with van der Waals surface area (Å²) < 4.78 is 0. The molecule has 0 nitrogen and oxygen atoms in total. The van der Waals surface area contributed by atoms with Crippen LogP contribution in [0.3, 0.4) is 0 Å². The SMILES string of the molecule is Cc1c(C)c(C)[c-](C)c1C.Cc1c(C)c(C)[c-](C)c1C.[Cl][Co+][Cl].[Cl][Co+][Cl]. The second kappa shape index (κ2) is 14.8. The normalized spacial score (nSPS) is 9.77. The molecule has 0 heterocycles. The Labute approximate surface area is 190 Å². The van der Waals surface area contributed by atoms with Gasteiger partial charge in [-0.05, 0) is 0 Å². The van der Waals surface area contributed by atoms with E-state index in [1.807, 2.05) is 0 Å². The Kier molecular flexibility index (Phi) is 16.6. The van der Waals surface area contributed by atoms with Gasteiger partial charge in [0.25, 0.3) is 0 Å². The van der Waals surface area contributed by atoms with Crippen LogP contribution in [0.25, 0.3) is 0 Å². The summed E-state index contributed by atoms with van der Waals surface area (Å²) in [6, 6.07) is 0. The van der Waals surface area contributed by atoms with Crippen molar-refractivity contribution in [3.05, 3.63) is 55.6 Å². The Balaban J connectivity index is 0. The summed E-state index contributed by atoms with van der Waals surface area (Å²) >= 11 is 0.764. The van der Waals surface area contributed by atoms with Crippen LogP contribution in [0.2, 0.25) is 0 Å². The van der Waals surface area contributed by atoms with E-state index in [0.717, 1.165) is 0 Å². The summed E-state index contributed by atoms with van der Waals surface area (Å²) in [6.45, 7) is 22.0. The van der Waals surface area contributed by atoms with Gasteiger partial charge in [-0.25, -0.2) is 0 Å². The first-order chi connectivity index (χ1) is 11.9. The molecule has 156 valence electrons. The van der Waals surface area contributed by atoms with Crippen molar-refractivity contribution in [1.82, 2.24) is 0 Å². The average Bonchev–Trinajstić information content (AvgIpc) is 2.87. The summed E-state index contributed by atoms with van der Waals surface area (Å²) in [5.74, 6) is 0. The van der Waals surface area contributed by atoms with Crippen molar-refractivity contribution in [1.29, 1.82) is 0 Å². The van der Waals surface area contributed by atoms with Crippen LogP contribution in [-0.2, 0) is 25.8 Å². The molecule has 2 aromatic rings. The molecule has 0 N–H and O–H groups in total. The van der Waals surface area contributed by atoms with E-state index in [-0.39, 0.29) is 0 Å². The second-order valence-electron chi connectivity index (χ2n) is 6.35. The number of halogens is 4. The van der Waals surface area contributed by atoms with Crippen molar-refractivity contribution < 1.29 is 25.8 Å². The second-order valence-corrected chi connectivity index (χ2v) is 9.78. The first-order valence-corrected chi connectivity index (χ1v) is 13.7. The fraction of sp³-hybridized carbons (Fsp3) is 0.500. The first-order valence-electron chi connectivity index (χ1n) is 8.00. The van der Waals surface area contributed by atoms with Crippen LogP contribution < -0.4 is 0 Å². The van der Waals surface area contributed by atoms with E-state index >= 15 is 0 Å². The maximum absolute atomic E-state index is 4.73. The van der Waals surface area contributed by atoms with Crippen molar-refractivity contribution in [2.45, 2.75) is 69.2 Å².